The molecule has 0 amide bonds. The van der Waals surface area contributed by atoms with E-state index in [0.717, 1.165) is 109 Å². The van der Waals surface area contributed by atoms with Gasteiger partial charge in [0.1, 0.15) is 18.8 Å². The number of carboxylic acids is 1. The molecule has 0 bridgehead atoms. The van der Waals surface area contributed by atoms with Crippen molar-refractivity contribution in [3.8, 4) is 0 Å². The molecule has 0 aromatic carbocycles. The van der Waals surface area contributed by atoms with Gasteiger partial charge < -0.3 is 39.0 Å². The summed E-state index contributed by atoms with van der Waals surface area (Å²) < 4.78 is 28.6. The van der Waals surface area contributed by atoms with E-state index in [9.17, 15) is 34.5 Å². The van der Waals surface area contributed by atoms with Crippen LogP contribution in [0.1, 0.15) is 316 Å². The monoisotopic (exact) mass is 1170 g/mol. The highest BCUT2D eigenvalue weighted by Gasteiger charge is 2.50. The van der Waals surface area contributed by atoms with E-state index in [1.165, 1.54) is 148 Å². The summed E-state index contributed by atoms with van der Waals surface area (Å²) in [5.74, 6) is -3.12. The van der Waals surface area contributed by atoms with Gasteiger partial charge in [-0.05, 0) is 109 Å². The maximum atomic E-state index is 13.2. The van der Waals surface area contributed by atoms with Crippen molar-refractivity contribution in [3.05, 3.63) is 60.8 Å². The zero-order valence-corrected chi connectivity index (χ0v) is 53.2. The number of ether oxygens (including phenoxy) is 5. The molecule has 1 saturated heterocycles. The number of aliphatic hydroxyl groups is 2. The van der Waals surface area contributed by atoms with Crippen LogP contribution in [0.3, 0.4) is 0 Å². The minimum Gasteiger partial charge on any atom is -0.479 e. The van der Waals surface area contributed by atoms with Gasteiger partial charge in [-0.15, -0.1) is 0 Å². The third-order valence-corrected chi connectivity index (χ3v) is 15.5. The Morgan fingerprint density at radius 1 is 0.398 bits per heavy atom. The molecule has 0 aromatic rings. The third kappa shape index (κ3) is 48.3. The van der Waals surface area contributed by atoms with Crippen LogP contribution in [-0.2, 0) is 42.9 Å². The van der Waals surface area contributed by atoms with E-state index in [1.54, 1.807) is 0 Å². The van der Waals surface area contributed by atoms with Crippen LogP contribution in [0, 0.1) is 0 Å². The van der Waals surface area contributed by atoms with E-state index in [1.807, 2.05) is 0 Å². The van der Waals surface area contributed by atoms with Crippen molar-refractivity contribution in [2.24, 2.45) is 0 Å². The van der Waals surface area contributed by atoms with Gasteiger partial charge in [-0.2, -0.15) is 0 Å². The summed E-state index contributed by atoms with van der Waals surface area (Å²) in [7, 11) is 0. The first kappa shape index (κ1) is 77.4. The fourth-order valence-electron chi connectivity index (χ4n) is 10.2. The summed E-state index contributed by atoms with van der Waals surface area (Å²) in [4.78, 5) is 51.4. The highest BCUT2D eigenvalue weighted by molar-refractivity contribution is 5.74. The minimum absolute atomic E-state index is 0.0454. The molecule has 6 atom stereocenters. The van der Waals surface area contributed by atoms with Crippen LogP contribution in [0.2, 0.25) is 0 Å². The number of rotatable bonds is 59. The number of aliphatic hydroxyl groups excluding tert-OH is 2. The Labute approximate surface area is 506 Å². The number of esters is 3. The van der Waals surface area contributed by atoms with Crippen LogP contribution in [-0.4, -0.2) is 89.2 Å². The maximum absolute atomic E-state index is 13.2. The van der Waals surface area contributed by atoms with Crippen molar-refractivity contribution in [2.75, 3.05) is 13.2 Å². The molecule has 1 aliphatic rings. The van der Waals surface area contributed by atoms with Crippen molar-refractivity contribution in [3.63, 3.8) is 0 Å². The first-order chi connectivity index (χ1) is 40.6. The quantitative estimate of drug-likeness (QED) is 0.0228. The lowest BCUT2D eigenvalue weighted by Gasteiger charge is -2.40. The summed E-state index contributed by atoms with van der Waals surface area (Å²) in [6.45, 7) is 5.99. The number of carbonyl (C=O) groups is 4. The SMILES string of the molecule is CCCCC/C=C\C/C=C\C/C=C\CCCCCCCCC(=O)OC1C(OCC(COC(=O)CCCCCCCCC/C=C\CCCCCCCC)OC(=O)CCCCCCCCC/C=C\CCCCCCCC)OC(C(=O)O)C(O)C1O. The van der Waals surface area contributed by atoms with Crippen LogP contribution in [0.4, 0.5) is 0 Å². The summed E-state index contributed by atoms with van der Waals surface area (Å²) in [6.07, 6.45) is 61.6. The van der Waals surface area contributed by atoms with E-state index < -0.39 is 67.3 Å². The number of unbranched alkanes of at least 4 members (excludes halogenated alkanes) is 35. The van der Waals surface area contributed by atoms with E-state index in [4.69, 9.17) is 23.7 Å². The normalized spacial score (nSPS) is 17.9. The van der Waals surface area contributed by atoms with Crippen molar-refractivity contribution < 1.29 is 58.2 Å². The molecule has 1 fully saturated rings. The highest BCUT2D eigenvalue weighted by atomic mass is 16.7. The fourth-order valence-corrected chi connectivity index (χ4v) is 10.2. The average Bonchev–Trinajstić information content (AvgIpc) is 3.55. The van der Waals surface area contributed by atoms with Crippen LogP contribution in [0.15, 0.2) is 60.8 Å². The molecule has 0 aliphatic carbocycles. The molecule has 0 saturated carbocycles. The van der Waals surface area contributed by atoms with Crippen LogP contribution in [0.5, 0.6) is 0 Å². The number of carbonyl (C=O) groups excluding carboxylic acids is 3. The lowest BCUT2D eigenvalue weighted by molar-refractivity contribution is -0.301. The smallest absolute Gasteiger partial charge is 0.335 e. The highest BCUT2D eigenvalue weighted by Crippen LogP contribution is 2.27. The van der Waals surface area contributed by atoms with Gasteiger partial charge in [-0.3, -0.25) is 14.4 Å². The van der Waals surface area contributed by atoms with Gasteiger partial charge in [-0.1, -0.05) is 248 Å². The molecule has 6 unspecified atom stereocenters. The van der Waals surface area contributed by atoms with Gasteiger partial charge in [0, 0.05) is 19.3 Å². The molecule has 83 heavy (non-hydrogen) atoms. The second-order valence-corrected chi connectivity index (χ2v) is 23.5. The average molecular weight is 1170 g/mol. The maximum Gasteiger partial charge on any atom is 0.335 e. The lowest BCUT2D eigenvalue weighted by atomic mass is 9.98. The summed E-state index contributed by atoms with van der Waals surface area (Å²) in [5, 5.41) is 31.6. The molecule has 0 aromatic heterocycles. The number of allylic oxidation sites excluding steroid dienone is 10. The first-order valence-corrected chi connectivity index (χ1v) is 34.3. The van der Waals surface area contributed by atoms with Gasteiger partial charge in [0.15, 0.2) is 24.6 Å². The first-order valence-electron chi connectivity index (χ1n) is 34.3. The largest absolute Gasteiger partial charge is 0.479 e. The molecular formula is C71H124O12. The van der Waals surface area contributed by atoms with Crippen molar-refractivity contribution in [1.29, 1.82) is 0 Å². The van der Waals surface area contributed by atoms with Crippen LogP contribution < -0.4 is 0 Å². The third-order valence-electron chi connectivity index (χ3n) is 15.5. The molecule has 1 heterocycles. The van der Waals surface area contributed by atoms with Crippen molar-refractivity contribution in [2.45, 2.75) is 353 Å². The van der Waals surface area contributed by atoms with E-state index in [0.29, 0.717) is 19.3 Å². The van der Waals surface area contributed by atoms with E-state index in [2.05, 4.69) is 81.5 Å². The summed E-state index contributed by atoms with van der Waals surface area (Å²) >= 11 is 0. The Balaban J connectivity index is 2.65. The van der Waals surface area contributed by atoms with Gasteiger partial charge in [0.05, 0.1) is 6.61 Å². The Hall–Kier alpha value is -3.58. The van der Waals surface area contributed by atoms with E-state index >= 15 is 0 Å². The number of carboxylic acid groups (broad SMARTS) is 1. The molecule has 3 N–H and O–H groups in total. The molecule has 12 heteroatoms. The number of hydrogen-bond acceptors (Lipinski definition) is 11. The minimum atomic E-state index is -1.91. The summed E-state index contributed by atoms with van der Waals surface area (Å²) in [5.41, 5.74) is 0. The van der Waals surface area contributed by atoms with Crippen molar-refractivity contribution >= 4 is 23.9 Å². The second kappa shape index (κ2) is 58.8. The molecule has 480 valence electrons. The molecule has 1 rings (SSSR count). The second-order valence-electron chi connectivity index (χ2n) is 23.5. The lowest BCUT2D eigenvalue weighted by Crippen LogP contribution is -2.61. The Morgan fingerprint density at radius 2 is 0.723 bits per heavy atom. The molecule has 12 nitrogen and oxygen atoms in total. The molecule has 0 radical (unpaired) electrons. The van der Waals surface area contributed by atoms with Gasteiger partial charge >= 0.3 is 23.9 Å². The molecule has 1 aliphatic heterocycles. The number of aliphatic carboxylic acids is 1. The zero-order chi connectivity index (χ0) is 60.3. The van der Waals surface area contributed by atoms with E-state index in [-0.39, 0.29) is 25.9 Å². The predicted molar refractivity (Wildman–Crippen MR) is 340 cm³/mol. The van der Waals surface area contributed by atoms with Crippen molar-refractivity contribution in [1.82, 2.24) is 0 Å². The van der Waals surface area contributed by atoms with Crippen LogP contribution in [0.25, 0.3) is 0 Å². The predicted octanol–water partition coefficient (Wildman–Crippen LogP) is 18.7. The fraction of sp³-hybridized carbons (Fsp3) is 0.803. The Kier molecular flexibility index (Phi) is 54.8. The molecular weight excluding hydrogens is 1040 g/mol. The van der Waals surface area contributed by atoms with Gasteiger partial charge in [-0.25, -0.2) is 4.79 Å². The number of hydrogen-bond donors (Lipinski definition) is 3. The standard InChI is InChI=1S/C71H124O12/c1-4-7-10-13-16-19-22-25-28-31-32-35-38-41-44-47-50-53-56-59-65(74)82-69-67(76)66(75)68(70(77)78)83-71(69)80-61-62(81-64(73)58-55-52-49-46-43-40-37-34-30-27-24-21-18-15-12-9-6-3)60-79-63(72)57-54-51-48-45-42-39-36-33-29-26-23-20-17-14-11-8-5-2/h16,19,25-30,32,35,62,66-69,71,75-76H,4-15,17-18,20-24,31,33-34,36-61H2,1-3H3,(H,77,78)/b19-16-,28-25-,29-26-,30-27-,35-32-. The topological polar surface area (TPSA) is 175 Å². The van der Waals surface area contributed by atoms with Gasteiger partial charge in [0.25, 0.3) is 0 Å². The van der Waals surface area contributed by atoms with Gasteiger partial charge in [0.2, 0.25) is 0 Å². The summed E-state index contributed by atoms with van der Waals surface area (Å²) in [6, 6.07) is 0. The van der Waals surface area contributed by atoms with Crippen LogP contribution >= 0.6 is 0 Å². The molecule has 0 spiro atoms. The Morgan fingerprint density at radius 3 is 1.13 bits per heavy atom. The Bertz CT molecular complexity index is 1670. The zero-order valence-electron chi connectivity index (χ0n) is 53.2.